The molecule has 0 aliphatic rings. The summed E-state index contributed by atoms with van der Waals surface area (Å²) in [4.78, 5) is 10.9. The lowest BCUT2D eigenvalue weighted by Crippen LogP contribution is -2.15. The number of aromatic nitrogens is 3. The third-order valence-electron chi connectivity index (χ3n) is 1.36. The average molecular weight is 191 g/mol. The van der Waals surface area contributed by atoms with E-state index in [1.165, 1.54) is 0 Å². The Kier molecular flexibility index (Phi) is 2.88. The molecule has 1 heterocycles. The molecular weight excluding hydrogens is 184 g/mol. The van der Waals surface area contributed by atoms with Gasteiger partial charge in [0.2, 0.25) is 6.30 Å². The average Bonchev–Trinajstić information content (AvgIpc) is 2.63. The van der Waals surface area contributed by atoms with Crippen molar-refractivity contribution in [1.82, 2.24) is 15.0 Å². The van der Waals surface area contributed by atoms with Gasteiger partial charge in [-0.1, -0.05) is 5.21 Å². The van der Waals surface area contributed by atoms with E-state index in [4.69, 9.17) is 0 Å². The van der Waals surface area contributed by atoms with Gasteiger partial charge in [-0.25, -0.2) is 18.3 Å². The second-order valence-electron chi connectivity index (χ2n) is 2.14. The lowest BCUT2D eigenvalue weighted by atomic mass is 10.4. The molecule has 1 atom stereocenters. The number of ether oxygens (including phenoxy) is 1. The number of nitrogens with zero attached hydrogens (tertiary/aromatic N) is 3. The van der Waals surface area contributed by atoms with Crippen LogP contribution in [0, 0.1) is 0 Å². The second kappa shape index (κ2) is 3.92. The summed E-state index contributed by atoms with van der Waals surface area (Å²) in [6, 6.07) is 0. The Morgan fingerprint density at radius 3 is 3.08 bits per heavy atom. The molecule has 0 amide bonds. The Morgan fingerprint density at radius 2 is 2.54 bits per heavy atom. The molecule has 5 nitrogen and oxygen atoms in total. The first-order chi connectivity index (χ1) is 6.20. The predicted molar refractivity (Wildman–Crippen MR) is 37.5 cm³/mol. The van der Waals surface area contributed by atoms with Gasteiger partial charge >= 0.3 is 5.97 Å². The summed E-state index contributed by atoms with van der Waals surface area (Å²) in [5.74, 6) is -0.805. The van der Waals surface area contributed by atoms with Crippen LogP contribution in [0.2, 0.25) is 0 Å². The highest BCUT2D eigenvalue weighted by Gasteiger charge is 2.19. The van der Waals surface area contributed by atoms with E-state index in [0.717, 1.165) is 13.3 Å². The van der Waals surface area contributed by atoms with Crippen LogP contribution in [0.15, 0.2) is 6.20 Å². The van der Waals surface area contributed by atoms with Gasteiger partial charge in [0.15, 0.2) is 5.69 Å². The molecule has 7 heteroatoms. The summed E-state index contributed by atoms with van der Waals surface area (Å²) in [5, 5.41) is 6.47. The molecule has 0 bridgehead atoms. The van der Waals surface area contributed by atoms with Crippen LogP contribution >= 0.6 is 0 Å². The molecular formula is C6H7F2N3O2. The fraction of sp³-hybridized carbons (Fsp3) is 0.500. The molecule has 0 N–H and O–H groups in total. The van der Waals surface area contributed by atoms with Crippen molar-refractivity contribution in [1.29, 1.82) is 0 Å². The van der Waals surface area contributed by atoms with Crippen LogP contribution in [-0.2, 0) is 4.74 Å². The van der Waals surface area contributed by atoms with Crippen molar-refractivity contribution < 1.29 is 18.3 Å². The van der Waals surface area contributed by atoms with Gasteiger partial charge in [-0.2, -0.15) is 0 Å². The maximum Gasteiger partial charge on any atom is 0.358 e. The molecule has 0 saturated carbocycles. The summed E-state index contributed by atoms with van der Waals surface area (Å²) in [6.45, 7) is -1.27. The predicted octanol–water partition coefficient (Wildman–Crippen LogP) is 0.502. The number of carbonyl (C=O) groups is 1. The van der Waals surface area contributed by atoms with Crippen LogP contribution in [-0.4, -0.2) is 34.7 Å². The third-order valence-corrected chi connectivity index (χ3v) is 1.36. The molecule has 13 heavy (non-hydrogen) atoms. The summed E-state index contributed by atoms with van der Waals surface area (Å²) < 4.78 is 29.4. The number of esters is 1. The molecule has 0 spiro atoms. The van der Waals surface area contributed by atoms with Crippen molar-refractivity contribution >= 4 is 5.97 Å². The smallest absolute Gasteiger partial charge is 0.358 e. The largest absolute Gasteiger partial charge is 0.464 e. The van der Waals surface area contributed by atoms with Gasteiger partial charge < -0.3 is 4.74 Å². The van der Waals surface area contributed by atoms with Gasteiger partial charge in [-0.05, 0) is 0 Å². The third kappa shape index (κ3) is 1.79. The van der Waals surface area contributed by atoms with E-state index in [9.17, 15) is 13.6 Å². The Bertz CT molecular complexity index is 302. The van der Waals surface area contributed by atoms with E-state index in [1.54, 1.807) is 0 Å². The summed E-state index contributed by atoms with van der Waals surface area (Å²) in [5.41, 5.74) is -0.215. The molecule has 0 saturated heterocycles. The first kappa shape index (κ1) is 9.56. The van der Waals surface area contributed by atoms with Gasteiger partial charge in [-0.3, -0.25) is 0 Å². The summed E-state index contributed by atoms with van der Waals surface area (Å²) in [7, 11) is 1.13. The van der Waals surface area contributed by atoms with Crippen LogP contribution in [0.3, 0.4) is 0 Å². The number of methoxy groups -OCH3 is 1. The SMILES string of the molecule is COC(=O)c1cnnn1C(F)CF. The standard InChI is InChI=1S/C6H7F2N3O2/c1-13-6(12)4-3-9-10-11(4)5(8)2-7/h3,5H,2H2,1H3. The number of hydrogen-bond acceptors (Lipinski definition) is 4. The normalized spacial score (nSPS) is 12.5. The molecule has 0 fully saturated rings. The second-order valence-corrected chi connectivity index (χ2v) is 2.14. The van der Waals surface area contributed by atoms with Crippen molar-refractivity contribution in [3.8, 4) is 0 Å². The molecule has 0 aromatic carbocycles. The Balaban J connectivity index is 2.95. The van der Waals surface area contributed by atoms with Gasteiger partial charge in [0.25, 0.3) is 0 Å². The van der Waals surface area contributed by atoms with Crippen LogP contribution in [0.4, 0.5) is 8.78 Å². The topological polar surface area (TPSA) is 57.0 Å². The van der Waals surface area contributed by atoms with E-state index >= 15 is 0 Å². The first-order valence-corrected chi connectivity index (χ1v) is 3.39. The van der Waals surface area contributed by atoms with Crippen molar-refractivity contribution in [2.45, 2.75) is 6.30 Å². The molecule has 72 valence electrons. The molecule has 1 rings (SSSR count). The van der Waals surface area contributed by atoms with Crippen molar-refractivity contribution in [2.75, 3.05) is 13.8 Å². The fourth-order valence-corrected chi connectivity index (χ4v) is 0.767. The highest BCUT2D eigenvalue weighted by molar-refractivity contribution is 5.86. The Hall–Kier alpha value is -1.53. The Morgan fingerprint density at radius 1 is 1.85 bits per heavy atom. The molecule has 0 aliphatic heterocycles. The lowest BCUT2D eigenvalue weighted by Gasteiger charge is -2.05. The van der Waals surface area contributed by atoms with Crippen LogP contribution in [0.5, 0.6) is 0 Å². The highest BCUT2D eigenvalue weighted by Crippen LogP contribution is 2.10. The maximum absolute atomic E-state index is 12.7. The van der Waals surface area contributed by atoms with Crippen molar-refractivity contribution in [3.05, 3.63) is 11.9 Å². The summed E-state index contributed by atoms with van der Waals surface area (Å²) in [6.07, 6.45) is -0.995. The number of rotatable bonds is 3. The van der Waals surface area contributed by atoms with Gasteiger partial charge in [-0.15, -0.1) is 5.10 Å². The highest BCUT2D eigenvalue weighted by atomic mass is 19.2. The summed E-state index contributed by atoms with van der Waals surface area (Å²) >= 11 is 0. The van der Waals surface area contributed by atoms with Crippen LogP contribution in [0.25, 0.3) is 0 Å². The van der Waals surface area contributed by atoms with Crippen molar-refractivity contribution in [3.63, 3.8) is 0 Å². The number of carbonyl (C=O) groups excluding carboxylic acids is 1. The van der Waals surface area contributed by atoms with Gasteiger partial charge in [0.1, 0.15) is 6.67 Å². The van der Waals surface area contributed by atoms with E-state index in [-0.39, 0.29) is 5.69 Å². The fourth-order valence-electron chi connectivity index (χ4n) is 0.767. The lowest BCUT2D eigenvalue weighted by molar-refractivity contribution is 0.0566. The molecule has 1 unspecified atom stereocenters. The number of alkyl halides is 2. The van der Waals surface area contributed by atoms with Crippen LogP contribution in [0.1, 0.15) is 16.8 Å². The molecule has 1 aromatic rings. The maximum atomic E-state index is 12.7. The van der Waals surface area contributed by atoms with E-state index < -0.39 is 18.9 Å². The van der Waals surface area contributed by atoms with E-state index in [0.29, 0.717) is 4.68 Å². The monoisotopic (exact) mass is 191 g/mol. The zero-order valence-electron chi connectivity index (χ0n) is 6.78. The zero-order valence-corrected chi connectivity index (χ0v) is 6.78. The number of hydrogen-bond donors (Lipinski definition) is 0. The minimum absolute atomic E-state index is 0.215. The van der Waals surface area contributed by atoms with Crippen LogP contribution < -0.4 is 0 Å². The van der Waals surface area contributed by atoms with E-state index in [2.05, 4.69) is 15.0 Å². The Labute approximate surface area is 72.3 Å². The quantitative estimate of drug-likeness (QED) is 0.653. The zero-order chi connectivity index (χ0) is 9.84. The molecule has 0 radical (unpaired) electrons. The van der Waals surface area contributed by atoms with Crippen molar-refractivity contribution in [2.24, 2.45) is 0 Å². The molecule has 0 aliphatic carbocycles. The molecule has 1 aromatic heterocycles. The van der Waals surface area contributed by atoms with E-state index in [1.807, 2.05) is 0 Å². The minimum Gasteiger partial charge on any atom is -0.464 e. The minimum atomic E-state index is -2.00. The van der Waals surface area contributed by atoms with Gasteiger partial charge in [0, 0.05) is 0 Å². The first-order valence-electron chi connectivity index (χ1n) is 3.39. The number of halogens is 2. The van der Waals surface area contributed by atoms with Gasteiger partial charge in [0.05, 0.1) is 13.3 Å².